The van der Waals surface area contributed by atoms with Crippen molar-refractivity contribution in [3.05, 3.63) is 58.9 Å². The second-order valence-corrected chi connectivity index (χ2v) is 6.62. The van der Waals surface area contributed by atoms with Crippen molar-refractivity contribution in [2.45, 2.75) is 11.4 Å². The number of nitrogens with one attached hydrogen (secondary N) is 2. The van der Waals surface area contributed by atoms with E-state index in [0.717, 1.165) is 11.4 Å². The minimum Gasteiger partial charge on any atom is -0.326 e. The van der Waals surface area contributed by atoms with Gasteiger partial charge >= 0.3 is 0 Å². The van der Waals surface area contributed by atoms with Crippen molar-refractivity contribution in [1.82, 2.24) is 0 Å². The van der Waals surface area contributed by atoms with Gasteiger partial charge in [-0.05, 0) is 36.6 Å². The fourth-order valence-electron chi connectivity index (χ4n) is 2.21. The first-order chi connectivity index (χ1) is 11.0. The Labute approximate surface area is 144 Å². The summed E-state index contributed by atoms with van der Waals surface area (Å²) in [5.74, 6) is -0.582. The topological polar surface area (TPSA) is 33.5 Å². The third-order valence-electron chi connectivity index (χ3n) is 3.33. The lowest BCUT2D eigenvalue weighted by Crippen LogP contribution is -3.08. The Bertz CT molecular complexity index is 679. The van der Waals surface area contributed by atoms with Crippen LogP contribution in [-0.2, 0) is 11.3 Å². The zero-order valence-electron chi connectivity index (χ0n) is 13.0. The number of rotatable bonds is 6. The van der Waals surface area contributed by atoms with E-state index in [2.05, 4.69) is 29.6 Å². The molecule has 2 rings (SSSR count). The Balaban J connectivity index is 1.88. The van der Waals surface area contributed by atoms with Gasteiger partial charge in [0.1, 0.15) is 12.4 Å². The molecule has 0 bridgehead atoms. The summed E-state index contributed by atoms with van der Waals surface area (Å²) >= 11 is 7.61. The first-order valence-corrected chi connectivity index (χ1v) is 8.77. The van der Waals surface area contributed by atoms with Gasteiger partial charge in [0.2, 0.25) is 0 Å². The van der Waals surface area contributed by atoms with Gasteiger partial charge in [-0.1, -0.05) is 23.7 Å². The molecule has 0 radical (unpaired) electrons. The van der Waals surface area contributed by atoms with Gasteiger partial charge in [0, 0.05) is 10.5 Å². The zero-order chi connectivity index (χ0) is 16.8. The molecule has 6 heteroatoms. The van der Waals surface area contributed by atoms with Crippen molar-refractivity contribution in [1.29, 1.82) is 0 Å². The van der Waals surface area contributed by atoms with E-state index in [9.17, 15) is 9.18 Å². The van der Waals surface area contributed by atoms with Crippen LogP contribution in [0.25, 0.3) is 0 Å². The lowest BCUT2D eigenvalue weighted by atomic mass is 10.2. The molecule has 0 aromatic heterocycles. The number of hydrogen-bond acceptors (Lipinski definition) is 2. The number of benzene rings is 2. The molecule has 1 unspecified atom stereocenters. The fourth-order valence-corrected chi connectivity index (χ4v) is 2.84. The summed E-state index contributed by atoms with van der Waals surface area (Å²) in [6, 6.07) is 12.2. The maximum Gasteiger partial charge on any atom is 0.279 e. The van der Waals surface area contributed by atoms with Gasteiger partial charge in [0.15, 0.2) is 6.54 Å². The highest BCUT2D eigenvalue weighted by Gasteiger charge is 2.12. The van der Waals surface area contributed by atoms with E-state index in [-0.39, 0.29) is 10.9 Å². The highest BCUT2D eigenvalue weighted by atomic mass is 35.5. The molecule has 0 aliphatic rings. The number of hydrogen-bond donors (Lipinski definition) is 2. The van der Waals surface area contributed by atoms with Crippen molar-refractivity contribution >= 4 is 35.0 Å². The van der Waals surface area contributed by atoms with Crippen LogP contribution in [0, 0.1) is 5.82 Å². The molecule has 3 nitrogen and oxygen atoms in total. The Hall–Kier alpha value is -1.56. The molecule has 2 aromatic carbocycles. The number of likely N-dealkylation sites (N-methyl/N-ethyl adjacent to an activating group) is 1. The van der Waals surface area contributed by atoms with Gasteiger partial charge in [-0.3, -0.25) is 4.79 Å². The number of halogens is 2. The van der Waals surface area contributed by atoms with Gasteiger partial charge in [-0.25, -0.2) is 4.39 Å². The Morgan fingerprint density at radius 2 is 1.96 bits per heavy atom. The molecular weight excluding hydrogens is 335 g/mol. The average molecular weight is 354 g/mol. The standard InChI is InChI=1S/C17H18ClFN2OS/c1-21(10-12-3-6-14(23-2)7-4-12)11-17(22)20-16-8-5-13(19)9-15(16)18/h3-9H,10-11H2,1-2H3,(H,20,22)/p+1. The lowest BCUT2D eigenvalue weighted by Gasteiger charge is -2.14. The van der Waals surface area contributed by atoms with Gasteiger partial charge in [0.25, 0.3) is 5.91 Å². The second kappa shape index (κ2) is 8.34. The summed E-state index contributed by atoms with van der Waals surface area (Å²) in [5, 5.41) is 2.91. The highest BCUT2D eigenvalue weighted by Crippen LogP contribution is 2.22. The molecule has 0 saturated heterocycles. The smallest absolute Gasteiger partial charge is 0.279 e. The van der Waals surface area contributed by atoms with E-state index in [1.54, 1.807) is 11.8 Å². The maximum atomic E-state index is 13.0. The largest absolute Gasteiger partial charge is 0.326 e. The van der Waals surface area contributed by atoms with E-state index in [1.165, 1.54) is 28.7 Å². The minimum atomic E-state index is -0.426. The number of thioether (sulfide) groups is 1. The maximum absolute atomic E-state index is 13.0. The van der Waals surface area contributed by atoms with E-state index in [1.807, 2.05) is 13.3 Å². The third kappa shape index (κ3) is 5.53. The van der Waals surface area contributed by atoms with E-state index < -0.39 is 5.82 Å². The predicted molar refractivity (Wildman–Crippen MR) is 93.7 cm³/mol. The number of anilines is 1. The average Bonchev–Trinajstić information content (AvgIpc) is 2.50. The molecule has 23 heavy (non-hydrogen) atoms. The molecule has 0 aliphatic carbocycles. The van der Waals surface area contributed by atoms with Crippen molar-refractivity contribution in [3.63, 3.8) is 0 Å². The van der Waals surface area contributed by atoms with Crippen LogP contribution in [0.2, 0.25) is 5.02 Å². The first-order valence-electron chi connectivity index (χ1n) is 7.17. The fraction of sp³-hybridized carbons (Fsp3) is 0.235. The van der Waals surface area contributed by atoms with Crippen molar-refractivity contribution in [2.75, 3.05) is 25.2 Å². The predicted octanol–water partition coefficient (Wildman–Crippen LogP) is 2.85. The number of quaternary nitrogens is 1. The van der Waals surface area contributed by atoms with Crippen LogP contribution in [0.3, 0.4) is 0 Å². The van der Waals surface area contributed by atoms with Crippen molar-refractivity contribution in [2.24, 2.45) is 0 Å². The summed E-state index contributed by atoms with van der Waals surface area (Å²) in [7, 11) is 1.95. The quantitative estimate of drug-likeness (QED) is 0.783. The normalized spacial score (nSPS) is 12.0. The lowest BCUT2D eigenvalue weighted by molar-refractivity contribution is -0.885. The van der Waals surface area contributed by atoms with Gasteiger partial charge in [0.05, 0.1) is 17.8 Å². The molecule has 2 N–H and O–H groups in total. The van der Waals surface area contributed by atoms with Crippen LogP contribution in [-0.4, -0.2) is 25.8 Å². The summed E-state index contributed by atoms with van der Waals surface area (Å²) < 4.78 is 13.0. The van der Waals surface area contributed by atoms with Crippen LogP contribution in [0.15, 0.2) is 47.4 Å². The summed E-state index contributed by atoms with van der Waals surface area (Å²) in [6.45, 7) is 1.05. The van der Waals surface area contributed by atoms with Gasteiger partial charge in [-0.15, -0.1) is 11.8 Å². The SMILES string of the molecule is CSc1ccc(C[NH+](C)CC(=O)Nc2ccc(F)cc2Cl)cc1. The molecular formula is C17H19ClFN2OS+. The van der Waals surface area contributed by atoms with Crippen LogP contribution >= 0.6 is 23.4 Å². The number of carbonyl (C=O) groups is 1. The van der Waals surface area contributed by atoms with Crippen LogP contribution < -0.4 is 10.2 Å². The van der Waals surface area contributed by atoms with Crippen LogP contribution in [0.1, 0.15) is 5.56 Å². The van der Waals surface area contributed by atoms with Gasteiger partial charge in [-0.2, -0.15) is 0 Å². The second-order valence-electron chi connectivity index (χ2n) is 5.33. The Morgan fingerprint density at radius 1 is 1.26 bits per heavy atom. The van der Waals surface area contributed by atoms with E-state index in [4.69, 9.17) is 11.6 Å². The van der Waals surface area contributed by atoms with Crippen LogP contribution in [0.5, 0.6) is 0 Å². The Kier molecular flexibility index (Phi) is 6.45. The molecule has 2 aromatic rings. The molecule has 1 amide bonds. The molecule has 0 saturated carbocycles. The highest BCUT2D eigenvalue weighted by molar-refractivity contribution is 7.98. The van der Waals surface area contributed by atoms with Gasteiger partial charge < -0.3 is 10.2 Å². The van der Waals surface area contributed by atoms with Crippen molar-refractivity contribution < 1.29 is 14.1 Å². The summed E-state index contributed by atoms with van der Waals surface area (Å²) in [6.07, 6.45) is 2.04. The van der Waals surface area contributed by atoms with E-state index >= 15 is 0 Å². The number of amides is 1. The van der Waals surface area contributed by atoms with Crippen LogP contribution in [0.4, 0.5) is 10.1 Å². The Morgan fingerprint density at radius 3 is 2.57 bits per heavy atom. The summed E-state index contributed by atoms with van der Waals surface area (Å²) in [5.41, 5.74) is 1.60. The third-order valence-corrected chi connectivity index (χ3v) is 4.39. The molecule has 0 spiro atoms. The van der Waals surface area contributed by atoms with Crippen molar-refractivity contribution in [3.8, 4) is 0 Å². The molecule has 0 heterocycles. The number of carbonyl (C=O) groups excluding carboxylic acids is 1. The minimum absolute atomic E-state index is 0.156. The van der Waals surface area contributed by atoms with E-state index in [0.29, 0.717) is 12.2 Å². The monoisotopic (exact) mass is 353 g/mol. The first kappa shape index (κ1) is 17.8. The molecule has 0 aliphatic heterocycles. The zero-order valence-corrected chi connectivity index (χ0v) is 14.6. The molecule has 0 fully saturated rings. The molecule has 1 atom stereocenters. The summed E-state index contributed by atoms with van der Waals surface area (Å²) in [4.78, 5) is 14.3. The molecule has 122 valence electrons.